The van der Waals surface area contributed by atoms with Crippen molar-refractivity contribution in [1.82, 2.24) is 10.2 Å². The minimum absolute atomic E-state index is 0.0137. The Bertz CT molecular complexity index is 289. The van der Waals surface area contributed by atoms with Gasteiger partial charge in [-0.2, -0.15) is 0 Å². The van der Waals surface area contributed by atoms with Gasteiger partial charge in [0.15, 0.2) is 0 Å². The second-order valence-corrected chi connectivity index (χ2v) is 4.99. The van der Waals surface area contributed by atoms with Gasteiger partial charge in [-0.25, -0.2) is 0 Å². The van der Waals surface area contributed by atoms with Crippen LogP contribution in [0, 0.1) is 11.8 Å². The molecule has 2 atom stereocenters. The van der Waals surface area contributed by atoms with E-state index in [0.29, 0.717) is 18.9 Å². The van der Waals surface area contributed by atoms with Gasteiger partial charge in [0.2, 0.25) is 11.8 Å². The largest absolute Gasteiger partial charge is 0.359 e. The summed E-state index contributed by atoms with van der Waals surface area (Å²) in [4.78, 5) is 24.8. The zero-order valence-electron chi connectivity index (χ0n) is 10.9. The molecule has 1 aliphatic rings. The number of carbonyl (C=O) groups is 2. The molecule has 3 N–H and O–H groups in total. The second-order valence-electron chi connectivity index (χ2n) is 4.99. The van der Waals surface area contributed by atoms with Gasteiger partial charge in [-0.05, 0) is 18.8 Å². The Labute approximate surface area is 103 Å². The molecule has 0 heterocycles. The molecule has 0 aromatic carbocycles. The molecule has 1 fully saturated rings. The Hall–Kier alpha value is -1.10. The highest BCUT2D eigenvalue weighted by Gasteiger charge is 2.30. The fourth-order valence-electron chi connectivity index (χ4n) is 1.89. The van der Waals surface area contributed by atoms with Gasteiger partial charge < -0.3 is 16.0 Å². The fraction of sp³-hybridized carbons (Fsp3) is 0.833. The third-order valence-electron chi connectivity index (χ3n) is 3.31. The predicted molar refractivity (Wildman–Crippen MR) is 66.2 cm³/mol. The lowest BCUT2D eigenvalue weighted by molar-refractivity contribution is -0.132. The lowest BCUT2D eigenvalue weighted by Crippen LogP contribution is -2.39. The average Bonchev–Trinajstić information content (AvgIpc) is 3.11. The predicted octanol–water partition coefficient (Wildman–Crippen LogP) is -0.0457. The first-order chi connectivity index (χ1) is 7.95. The van der Waals surface area contributed by atoms with E-state index in [0.717, 1.165) is 12.8 Å². The van der Waals surface area contributed by atoms with Crippen LogP contribution in [-0.2, 0) is 9.59 Å². The van der Waals surface area contributed by atoms with Crippen molar-refractivity contribution in [3.63, 3.8) is 0 Å². The summed E-state index contributed by atoms with van der Waals surface area (Å²) in [5.74, 6) is 0.325. The second kappa shape index (κ2) is 6.00. The van der Waals surface area contributed by atoms with Crippen LogP contribution in [0.4, 0.5) is 0 Å². The zero-order valence-corrected chi connectivity index (χ0v) is 10.9. The molecular weight excluding hydrogens is 218 g/mol. The maximum absolute atomic E-state index is 11.8. The molecule has 2 amide bonds. The smallest absolute Gasteiger partial charge is 0.224 e. The molecule has 0 saturated heterocycles. The van der Waals surface area contributed by atoms with E-state index >= 15 is 0 Å². The molecule has 98 valence electrons. The maximum atomic E-state index is 11.8. The van der Waals surface area contributed by atoms with Crippen molar-refractivity contribution >= 4 is 11.8 Å². The highest BCUT2D eigenvalue weighted by Crippen LogP contribution is 2.32. The number of nitrogens with one attached hydrogen (secondary N) is 1. The number of hydrogen-bond acceptors (Lipinski definition) is 3. The van der Waals surface area contributed by atoms with Gasteiger partial charge in [-0.15, -0.1) is 0 Å². The monoisotopic (exact) mass is 241 g/mol. The minimum atomic E-state index is -0.189. The molecule has 0 radical (unpaired) electrons. The highest BCUT2D eigenvalue weighted by molar-refractivity contribution is 5.80. The number of hydrogen-bond donors (Lipinski definition) is 2. The molecule has 0 spiro atoms. The summed E-state index contributed by atoms with van der Waals surface area (Å²) in [6.07, 6.45) is 2.68. The Morgan fingerprint density at radius 2 is 2.06 bits per heavy atom. The molecule has 5 nitrogen and oxygen atoms in total. The van der Waals surface area contributed by atoms with Crippen molar-refractivity contribution < 1.29 is 9.59 Å². The molecule has 0 bridgehead atoms. The Balaban J connectivity index is 2.32. The van der Waals surface area contributed by atoms with Crippen LogP contribution in [0.1, 0.15) is 26.2 Å². The lowest BCUT2D eigenvalue weighted by atomic mass is 10.1. The summed E-state index contributed by atoms with van der Waals surface area (Å²) in [7, 11) is 3.32. The van der Waals surface area contributed by atoms with Gasteiger partial charge in [0.05, 0.1) is 5.92 Å². The van der Waals surface area contributed by atoms with Crippen LogP contribution in [0.5, 0.6) is 0 Å². The van der Waals surface area contributed by atoms with Crippen molar-refractivity contribution in [2.24, 2.45) is 17.6 Å². The first kappa shape index (κ1) is 14.0. The molecule has 0 aromatic rings. The summed E-state index contributed by atoms with van der Waals surface area (Å²) in [5.41, 5.74) is 5.91. The molecule has 0 aromatic heterocycles. The van der Waals surface area contributed by atoms with Crippen molar-refractivity contribution in [3.8, 4) is 0 Å². The molecule has 17 heavy (non-hydrogen) atoms. The van der Waals surface area contributed by atoms with Gasteiger partial charge in [-0.3, -0.25) is 9.59 Å². The molecule has 0 aliphatic heterocycles. The Morgan fingerprint density at radius 1 is 1.47 bits per heavy atom. The zero-order chi connectivity index (χ0) is 13.0. The average molecular weight is 241 g/mol. The quantitative estimate of drug-likeness (QED) is 0.685. The van der Waals surface area contributed by atoms with E-state index in [9.17, 15) is 9.59 Å². The Morgan fingerprint density at radius 3 is 2.53 bits per heavy atom. The number of nitrogens with two attached hydrogens (primary N) is 1. The van der Waals surface area contributed by atoms with E-state index in [1.165, 1.54) is 0 Å². The van der Waals surface area contributed by atoms with Gasteiger partial charge in [0.1, 0.15) is 0 Å². The van der Waals surface area contributed by atoms with Crippen LogP contribution in [-0.4, -0.2) is 43.4 Å². The summed E-state index contributed by atoms with van der Waals surface area (Å²) in [5, 5.41) is 2.58. The molecule has 1 rings (SSSR count). The number of amides is 2. The van der Waals surface area contributed by atoms with E-state index in [1.54, 1.807) is 19.0 Å². The summed E-state index contributed by atoms with van der Waals surface area (Å²) >= 11 is 0. The maximum Gasteiger partial charge on any atom is 0.224 e. The van der Waals surface area contributed by atoms with Crippen molar-refractivity contribution in [1.29, 1.82) is 0 Å². The van der Waals surface area contributed by atoms with Gasteiger partial charge in [0, 0.05) is 33.1 Å². The third-order valence-corrected chi connectivity index (χ3v) is 3.31. The first-order valence-electron chi connectivity index (χ1n) is 6.16. The van der Waals surface area contributed by atoms with Gasteiger partial charge in [0.25, 0.3) is 0 Å². The minimum Gasteiger partial charge on any atom is -0.359 e. The molecular formula is C12H23N3O2. The van der Waals surface area contributed by atoms with Crippen LogP contribution in [0.3, 0.4) is 0 Å². The third kappa shape index (κ3) is 4.34. The normalized spacial score (nSPS) is 18.4. The molecule has 1 saturated carbocycles. The highest BCUT2D eigenvalue weighted by atomic mass is 16.2. The van der Waals surface area contributed by atoms with E-state index in [1.807, 2.05) is 6.92 Å². The fourth-order valence-corrected chi connectivity index (χ4v) is 1.89. The topological polar surface area (TPSA) is 75.4 Å². The van der Waals surface area contributed by atoms with E-state index in [-0.39, 0.29) is 23.8 Å². The number of nitrogens with zero attached hydrogens (tertiary/aromatic N) is 1. The number of rotatable bonds is 6. The molecule has 5 heteroatoms. The van der Waals surface area contributed by atoms with Crippen LogP contribution >= 0.6 is 0 Å². The first-order valence-corrected chi connectivity index (χ1v) is 6.16. The summed E-state index contributed by atoms with van der Waals surface area (Å²) < 4.78 is 0. The van der Waals surface area contributed by atoms with Gasteiger partial charge in [-0.1, -0.05) is 6.92 Å². The standard InChI is InChI=1S/C12H23N3O2/c1-8(12(17)14-2)7-15(3)11(16)6-10(13)9-4-5-9/h8-10H,4-7,13H2,1-3H3,(H,14,17). The van der Waals surface area contributed by atoms with Crippen molar-refractivity contribution in [3.05, 3.63) is 0 Å². The van der Waals surface area contributed by atoms with E-state index in [4.69, 9.17) is 5.73 Å². The SMILES string of the molecule is CNC(=O)C(C)CN(C)C(=O)CC(N)C1CC1. The summed E-state index contributed by atoms with van der Waals surface area (Å²) in [6, 6.07) is -0.0137. The van der Waals surface area contributed by atoms with Crippen LogP contribution in [0.25, 0.3) is 0 Å². The van der Waals surface area contributed by atoms with Crippen LogP contribution < -0.4 is 11.1 Å². The van der Waals surface area contributed by atoms with Gasteiger partial charge >= 0.3 is 0 Å². The number of carbonyl (C=O) groups excluding carboxylic acids is 2. The van der Waals surface area contributed by atoms with Crippen molar-refractivity contribution in [2.75, 3.05) is 20.6 Å². The lowest BCUT2D eigenvalue weighted by Gasteiger charge is -2.22. The van der Waals surface area contributed by atoms with E-state index < -0.39 is 0 Å². The molecule has 1 aliphatic carbocycles. The van der Waals surface area contributed by atoms with Crippen LogP contribution in [0.15, 0.2) is 0 Å². The molecule has 2 unspecified atom stereocenters. The van der Waals surface area contributed by atoms with E-state index in [2.05, 4.69) is 5.32 Å². The Kier molecular flexibility index (Phi) is 4.93. The summed E-state index contributed by atoms with van der Waals surface area (Å²) in [6.45, 7) is 2.25. The van der Waals surface area contributed by atoms with Crippen molar-refractivity contribution in [2.45, 2.75) is 32.2 Å². The van der Waals surface area contributed by atoms with Crippen LogP contribution in [0.2, 0.25) is 0 Å².